The van der Waals surface area contributed by atoms with E-state index in [1.165, 1.54) is 24.9 Å². The van der Waals surface area contributed by atoms with E-state index in [4.69, 9.17) is 4.42 Å². The van der Waals surface area contributed by atoms with Crippen molar-refractivity contribution < 1.29 is 9.21 Å². The normalized spacial score (nSPS) is 14.2. The van der Waals surface area contributed by atoms with Crippen LogP contribution in [0.2, 0.25) is 0 Å². The van der Waals surface area contributed by atoms with Gasteiger partial charge < -0.3 is 9.32 Å². The van der Waals surface area contributed by atoms with Crippen LogP contribution in [0.5, 0.6) is 0 Å². The Balaban J connectivity index is 1.31. The van der Waals surface area contributed by atoms with E-state index in [-0.39, 0.29) is 5.78 Å². The Bertz CT molecular complexity index is 1140. The Morgan fingerprint density at radius 3 is 2.60 bits per heavy atom. The number of rotatable bonds is 5. The van der Waals surface area contributed by atoms with Crippen LogP contribution >= 0.6 is 0 Å². The van der Waals surface area contributed by atoms with Crippen LogP contribution < -0.4 is 4.90 Å². The first-order valence-electron chi connectivity index (χ1n) is 10.5. The van der Waals surface area contributed by atoms with Crippen molar-refractivity contribution in [3.05, 3.63) is 78.0 Å². The van der Waals surface area contributed by atoms with Crippen LogP contribution in [0, 0.1) is 0 Å². The van der Waals surface area contributed by atoms with Crippen molar-refractivity contribution in [1.29, 1.82) is 0 Å². The number of carbonyl (C=O) groups excluding carboxylic acids is 1. The van der Waals surface area contributed by atoms with Gasteiger partial charge in [0.15, 0.2) is 17.0 Å². The second kappa shape index (κ2) is 8.11. The van der Waals surface area contributed by atoms with Gasteiger partial charge in [-0.2, -0.15) is 4.98 Å². The van der Waals surface area contributed by atoms with Crippen molar-refractivity contribution in [2.45, 2.75) is 25.7 Å². The SMILES string of the molecule is O=C(Cc1cccc(-c2nc3ncccc3o2)c1)c1ccc(N2CCCCC2)cc1. The van der Waals surface area contributed by atoms with E-state index in [2.05, 4.69) is 27.0 Å². The number of pyridine rings is 1. The predicted molar refractivity (Wildman–Crippen MR) is 118 cm³/mol. The maximum absolute atomic E-state index is 12.8. The fourth-order valence-corrected chi connectivity index (χ4v) is 4.00. The van der Waals surface area contributed by atoms with Crippen molar-refractivity contribution in [2.75, 3.05) is 18.0 Å². The molecule has 0 radical (unpaired) electrons. The largest absolute Gasteiger partial charge is 0.434 e. The van der Waals surface area contributed by atoms with Gasteiger partial charge in [-0.1, -0.05) is 12.1 Å². The topological polar surface area (TPSA) is 59.2 Å². The zero-order valence-corrected chi connectivity index (χ0v) is 16.8. The summed E-state index contributed by atoms with van der Waals surface area (Å²) >= 11 is 0. The van der Waals surface area contributed by atoms with Crippen LogP contribution in [-0.4, -0.2) is 28.8 Å². The number of carbonyl (C=O) groups is 1. The van der Waals surface area contributed by atoms with Gasteiger partial charge in [-0.25, -0.2) is 4.98 Å². The molecule has 0 bridgehead atoms. The van der Waals surface area contributed by atoms with Crippen LogP contribution in [0.4, 0.5) is 5.69 Å². The molecule has 5 rings (SSSR count). The van der Waals surface area contributed by atoms with E-state index < -0.39 is 0 Å². The summed E-state index contributed by atoms with van der Waals surface area (Å²) in [5, 5.41) is 0. The highest BCUT2D eigenvalue weighted by Gasteiger charge is 2.14. The minimum Gasteiger partial charge on any atom is -0.434 e. The third-order valence-corrected chi connectivity index (χ3v) is 5.61. The number of benzene rings is 2. The van der Waals surface area contributed by atoms with Crippen molar-refractivity contribution in [1.82, 2.24) is 9.97 Å². The van der Waals surface area contributed by atoms with Crippen molar-refractivity contribution >= 4 is 22.7 Å². The minimum absolute atomic E-state index is 0.108. The fraction of sp³-hybridized carbons (Fsp3) is 0.240. The molecule has 0 spiro atoms. The standard InChI is InChI=1S/C25H23N3O2/c29-22(19-9-11-21(12-10-19)28-14-2-1-3-15-28)17-18-6-4-7-20(16-18)25-27-24-23(30-25)8-5-13-26-24/h4-13,16H,1-3,14-15,17H2. The van der Waals surface area contributed by atoms with Crippen LogP contribution in [0.15, 0.2) is 71.3 Å². The van der Waals surface area contributed by atoms with Gasteiger partial charge in [0.25, 0.3) is 0 Å². The van der Waals surface area contributed by atoms with E-state index >= 15 is 0 Å². The highest BCUT2D eigenvalue weighted by atomic mass is 16.3. The molecular formula is C25H23N3O2. The Kier molecular flexibility index (Phi) is 5.01. The molecule has 1 saturated heterocycles. The molecule has 0 N–H and O–H groups in total. The highest BCUT2D eigenvalue weighted by Crippen LogP contribution is 2.25. The van der Waals surface area contributed by atoms with E-state index in [0.29, 0.717) is 23.5 Å². The molecule has 5 heteroatoms. The maximum Gasteiger partial charge on any atom is 0.228 e. The molecule has 5 nitrogen and oxygen atoms in total. The average Bonchev–Trinajstić information content (AvgIpc) is 3.24. The second-order valence-electron chi connectivity index (χ2n) is 7.74. The molecule has 2 aromatic carbocycles. The molecule has 1 aliphatic rings. The van der Waals surface area contributed by atoms with Crippen molar-refractivity contribution in [3.8, 4) is 11.5 Å². The van der Waals surface area contributed by atoms with Gasteiger partial charge in [0, 0.05) is 42.5 Å². The van der Waals surface area contributed by atoms with Crippen LogP contribution in [0.25, 0.3) is 22.7 Å². The molecule has 1 fully saturated rings. The molecule has 0 unspecified atom stereocenters. The summed E-state index contributed by atoms with van der Waals surface area (Å²) in [7, 11) is 0. The quantitative estimate of drug-likeness (QED) is 0.427. The fourth-order valence-electron chi connectivity index (χ4n) is 4.00. The molecular weight excluding hydrogens is 374 g/mol. The number of nitrogens with zero attached hydrogens (tertiary/aromatic N) is 3. The number of hydrogen-bond donors (Lipinski definition) is 0. The van der Waals surface area contributed by atoms with Gasteiger partial charge in [0.2, 0.25) is 5.89 Å². The van der Waals surface area contributed by atoms with Gasteiger partial charge >= 0.3 is 0 Å². The summed E-state index contributed by atoms with van der Waals surface area (Å²) in [6, 6.07) is 19.5. The third kappa shape index (κ3) is 3.83. The van der Waals surface area contributed by atoms with Crippen LogP contribution in [-0.2, 0) is 6.42 Å². The monoisotopic (exact) mass is 397 g/mol. The predicted octanol–water partition coefficient (Wildman–Crippen LogP) is 5.31. The minimum atomic E-state index is 0.108. The van der Waals surface area contributed by atoms with Gasteiger partial charge in [0.05, 0.1) is 0 Å². The summed E-state index contributed by atoms with van der Waals surface area (Å²) in [6.45, 7) is 2.21. The van der Waals surface area contributed by atoms with Gasteiger partial charge in [0.1, 0.15) is 0 Å². The van der Waals surface area contributed by atoms with Crippen molar-refractivity contribution in [3.63, 3.8) is 0 Å². The molecule has 0 saturated carbocycles. The van der Waals surface area contributed by atoms with E-state index in [0.717, 1.165) is 29.8 Å². The third-order valence-electron chi connectivity index (χ3n) is 5.61. The first-order chi connectivity index (χ1) is 14.8. The zero-order chi connectivity index (χ0) is 20.3. The first-order valence-corrected chi connectivity index (χ1v) is 10.5. The summed E-state index contributed by atoms with van der Waals surface area (Å²) < 4.78 is 5.81. The van der Waals surface area contributed by atoms with Crippen LogP contribution in [0.1, 0.15) is 35.2 Å². The number of oxazole rings is 1. The lowest BCUT2D eigenvalue weighted by Gasteiger charge is -2.28. The summed E-state index contributed by atoms with van der Waals surface area (Å²) in [5.41, 5.74) is 4.97. The van der Waals surface area contributed by atoms with Gasteiger partial charge in [-0.3, -0.25) is 4.79 Å². The Morgan fingerprint density at radius 2 is 1.80 bits per heavy atom. The number of piperidine rings is 1. The maximum atomic E-state index is 12.8. The zero-order valence-electron chi connectivity index (χ0n) is 16.8. The molecule has 0 amide bonds. The Morgan fingerprint density at radius 1 is 0.967 bits per heavy atom. The molecule has 150 valence electrons. The Hall–Kier alpha value is -3.47. The smallest absolute Gasteiger partial charge is 0.228 e. The summed E-state index contributed by atoms with van der Waals surface area (Å²) in [4.78, 5) is 23.9. The first kappa shape index (κ1) is 18.6. The second-order valence-corrected chi connectivity index (χ2v) is 7.74. The Labute approximate surface area is 175 Å². The van der Waals surface area contributed by atoms with Gasteiger partial charge in [-0.05, 0) is 73.4 Å². The van der Waals surface area contributed by atoms with E-state index in [1.807, 2.05) is 48.5 Å². The van der Waals surface area contributed by atoms with Gasteiger partial charge in [-0.15, -0.1) is 0 Å². The highest BCUT2D eigenvalue weighted by molar-refractivity contribution is 5.98. The average molecular weight is 397 g/mol. The van der Waals surface area contributed by atoms with E-state index in [9.17, 15) is 4.79 Å². The number of fused-ring (bicyclic) bond motifs is 1. The summed E-state index contributed by atoms with van der Waals surface area (Å²) in [5.74, 6) is 0.625. The number of anilines is 1. The molecule has 3 heterocycles. The number of ketones is 1. The van der Waals surface area contributed by atoms with Crippen LogP contribution in [0.3, 0.4) is 0 Å². The lowest BCUT2D eigenvalue weighted by Crippen LogP contribution is -2.29. The molecule has 1 aliphatic heterocycles. The molecule has 4 aromatic rings. The summed E-state index contributed by atoms with van der Waals surface area (Å²) in [6.07, 6.45) is 5.84. The number of hydrogen-bond acceptors (Lipinski definition) is 5. The lowest BCUT2D eigenvalue weighted by atomic mass is 10.0. The van der Waals surface area contributed by atoms with E-state index in [1.54, 1.807) is 6.20 Å². The number of aromatic nitrogens is 2. The molecule has 0 aliphatic carbocycles. The molecule has 2 aromatic heterocycles. The molecule has 0 atom stereocenters. The van der Waals surface area contributed by atoms with Crippen molar-refractivity contribution in [2.24, 2.45) is 0 Å². The number of Topliss-reactive ketones (excluding diaryl/α,β-unsaturated/α-hetero) is 1. The molecule has 30 heavy (non-hydrogen) atoms. The lowest BCUT2D eigenvalue weighted by molar-refractivity contribution is 0.0993.